The molecule has 2 aromatic rings. The van der Waals surface area contributed by atoms with Gasteiger partial charge in [-0.3, -0.25) is 0 Å². The number of rotatable bonds is 1. The first-order chi connectivity index (χ1) is 11.2. The Balaban J connectivity index is 2.94. The largest absolute Gasteiger partial charge is 0.0843 e. The molecule has 0 bridgehead atoms. The molecule has 0 nitrogen and oxygen atoms in total. The summed E-state index contributed by atoms with van der Waals surface area (Å²) >= 11 is 6.14. The topological polar surface area (TPSA) is 0 Å². The van der Waals surface area contributed by atoms with Crippen LogP contribution in [0.15, 0.2) is 36.4 Å². The second-order valence-electron chi connectivity index (χ2n) is 10.2. The molecular weight excluding hydrogens is 324 g/mol. The van der Waals surface area contributed by atoms with Gasteiger partial charge < -0.3 is 0 Å². The molecule has 0 atom stereocenters. The summed E-state index contributed by atoms with van der Waals surface area (Å²) in [4.78, 5) is 0. The first-order valence-corrected chi connectivity index (χ1v) is 9.54. The minimum Gasteiger partial charge on any atom is -0.0843 e. The van der Waals surface area contributed by atoms with Gasteiger partial charge in [0.15, 0.2) is 0 Å². The molecule has 25 heavy (non-hydrogen) atoms. The van der Waals surface area contributed by atoms with Crippen molar-refractivity contribution < 1.29 is 0 Å². The predicted molar refractivity (Wildman–Crippen MR) is 113 cm³/mol. The van der Waals surface area contributed by atoms with E-state index in [1.165, 1.54) is 27.8 Å². The highest BCUT2D eigenvalue weighted by atomic mass is 35.5. The van der Waals surface area contributed by atoms with Crippen LogP contribution in [0.4, 0.5) is 0 Å². The average molecular weight is 357 g/mol. The van der Waals surface area contributed by atoms with Gasteiger partial charge in [-0.05, 0) is 56.2 Å². The smallest absolute Gasteiger partial charge is 0.0406 e. The molecule has 0 amide bonds. The van der Waals surface area contributed by atoms with E-state index in [4.69, 9.17) is 11.6 Å². The summed E-state index contributed by atoms with van der Waals surface area (Å²) in [6, 6.07) is 13.1. The monoisotopic (exact) mass is 356 g/mol. The SMILES string of the molecule is CC(C)(C)c1cc(C(C)(C)C)c(-c2ccc(Cl)cc2)c(C(C)(C)C)c1. The summed E-state index contributed by atoms with van der Waals surface area (Å²) in [7, 11) is 0. The molecule has 0 aliphatic rings. The van der Waals surface area contributed by atoms with Crippen LogP contribution in [-0.4, -0.2) is 0 Å². The van der Waals surface area contributed by atoms with E-state index in [0.29, 0.717) is 0 Å². The zero-order chi connectivity index (χ0) is 19.2. The molecule has 0 radical (unpaired) electrons. The van der Waals surface area contributed by atoms with Crippen LogP contribution >= 0.6 is 11.6 Å². The molecule has 0 saturated heterocycles. The van der Waals surface area contributed by atoms with Crippen LogP contribution in [0.5, 0.6) is 0 Å². The van der Waals surface area contributed by atoms with Crippen LogP contribution in [0.2, 0.25) is 5.02 Å². The highest BCUT2D eigenvalue weighted by Crippen LogP contribution is 2.43. The van der Waals surface area contributed by atoms with Crippen molar-refractivity contribution in [3.63, 3.8) is 0 Å². The third kappa shape index (κ3) is 4.47. The molecule has 0 heterocycles. The number of hydrogen-bond donors (Lipinski definition) is 0. The van der Waals surface area contributed by atoms with Gasteiger partial charge in [-0.15, -0.1) is 0 Å². The molecule has 2 aromatic carbocycles. The van der Waals surface area contributed by atoms with Crippen molar-refractivity contribution >= 4 is 11.6 Å². The minimum atomic E-state index is 0.0657. The third-order valence-corrected chi connectivity index (χ3v) is 5.01. The quantitative estimate of drug-likeness (QED) is 0.487. The van der Waals surface area contributed by atoms with Gasteiger partial charge in [0, 0.05) is 5.02 Å². The summed E-state index contributed by atoms with van der Waals surface area (Å²) in [6.45, 7) is 20.7. The van der Waals surface area contributed by atoms with Crippen LogP contribution in [0.3, 0.4) is 0 Å². The van der Waals surface area contributed by atoms with E-state index < -0.39 is 0 Å². The Hall–Kier alpha value is -1.27. The Morgan fingerprint density at radius 3 is 1.32 bits per heavy atom. The van der Waals surface area contributed by atoms with Crippen molar-refractivity contribution in [3.8, 4) is 11.1 Å². The Bertz CT molecular complexity index is 710. The van der Waals surface area contributed by atoms with E-state index >= 15 is 0 Å². The molecule has 2 rings (SSSR count). The molecule has 0 N–H and O–H groups in total. The van der Waals surface area contributed by atoms with E-state index in [0.717, 1.165) is 5.02 Å². The van der Waals surface area contributed by atoms with E-state index in [-0.39, 0.29) is 16.2 Å². The second-order valence-corrected chi connectivity index (χ2v) is 10.6. The van der Waals surface area contributed by atoms with Crippen LogP contribution in [-0.2, 0) is 16.2 Å². The number of benzene rings is 2. The van der Waals surface area contributed by atoms with E-state index in [1.54, 1.807) is 0 Å². The van der Waals surface area contributed by atoms with Crippen LogP contribution in [0.25, 0.3) is 11.1 Å². The van der Waals surface area contributed by atoms with Gasteiger partial charge in [-0.2, -0.15) is 0 Å². The van der Waals surface area contributed by atoms with Gasteiger partial charge in [-0.1, -0.05) is 98.2 Å². The van der Waals surface area contributed by atoms with Gasteiger partial charge in [0.1, 0.15) is 0 Å². The Kier molecular flexibility index (Phi) is 5.19. The maximum atomic E-state index is 6.14. The van der Waals surface area contributed by atoms with E-state index in [2.05, 4.69) is 86.6 Å². The average Bonchev–Trinajstić information content (AvgIpc) is 2.44. The number of halogens is 1. The number of hydrogen-bond acceptors (Lipinski definition) is 0. The zero-order valence-corrected chi connectivity index (χ0v) is 18.1. The van der Waals surface area contributed by atoms with Gasteiger partial charge in [0.25, 0.3) is 0 Å². The minimum absolute atomic E-state index is 0.0657. The molecule has 0 saturated carbocycles. The van der Waals surface area contributed by atoms with Crippen molar-refractivity contribution in [2.24, 2.45) is 0 Å². The molecule has 0 spiro atoms. The van der Waals surface area contributed by atoms with Gasteiger partial charge in [0.2, 0.25) is 0 Å². The van der Waals surface area contributed by atoms with Gasteiger partial charge in [-0.25, -0.2) is 0 Å². The maximum Gasteiger partial charge on any atom is 0.0406 e. The van der Waals surface area contributed by atoms with E-state index in [9.17, 15) is 0 Å². The van der Waals surface area contributed by atoms with Crippen molar-refractivity contribution in [3.05, 3.63) is 58.1 Å². The van der Waals surface area contributed by atoms with Crippen LogP contribution in [0, 0.1) is 0 Å². The van der Waals surface area contributed by atoms with Crippen molar-refractivity contribution in [2.45, 2.75) is 78.6 Å². The van der Waals surface area contributed by atoms with Crippen molar-refractivity contribution in [1.82, 2.24) is 0 Å². The predicted octanol–water partition coefficient (Wildman–Crippen LogP) is 7.90. The lowest BCUT2D eigenvalue weighted by molar-refractivity contribution is 0.550. The van der Waals surface area contributed by atoms with Crippen LogP contribution in [0.1, 0.15) is 79.0 Å². The fraction of sp³-hybridized carbons (Fsp3) is 0.500. The van der Waals surface area contributed by atoms with Crippen molar-refractivity contribution in [2.75, 3.05) is 0 Å². The molecule has 0 aromatic heterocycles. The molecule has 1 heteroatoms. The standard InChI is InChI=1S/C24H33Cl/c1-22(2,3)17-14-19(23(4,5)6)21(20(15-17)24(7,8)9)16-10-12-18(25)13-11-16/h10-15H,1-9H3. The highest BCUT2D eigenvalue weighted by molar-refractivity contribution is 6.30. The molecule has 0 aliphatic carbocycles. The fourth-order valence-electron chi connectivity index (χ4n) is 3.19. The lowest BCUT2D eigenvalue weighted by atomic mass is 9.71. The highest BCUT2D eigenvalue weighted by Gasteiger charge is 2.29. The Morgan fingerprint density at radius 2 is 1.00 bits per heavy atom. The molecular formula is C24H33Cl. The normalized spacial score (nSPS) is 13.2. The summed E-state index contributed by atoms with van der Waals surface area (Å²) in [5.74, 6) is 0. The van der Waals surface area contributed by atoms with Crippen LogP contribution < -0.4 is 0 Å². The lowest BCUT2D eigenvalue weighted by Gasteiger charge is -2.34. The molecule has 136 valence electrons. The van der Waals surface area contributed by atoms with Gasteiger partial charge in [0.05, 0.1) is 0 Å². The Morgan fingerprint density at radius 1 is 0.600 bits per heavy atom. The first-order valence-electron chi connectivity index (χ1n) is 9.17. The molecule has 0 aliphatic heterocycles. The zero-order valence-electron chi connectivity index (χ0n) is 17.3. The summed E-state index contributed by atoms with van der Waals surface area (Å²) in [5, 5.41) is 0.782. The molecule has 0 unspecified atom stereocenters. The summed E-state index contributed by atoms with van der Waals surface area (Å²) in [5.41, 5.74) is 7.09. The van der Waals surface area contributed by atoms with E-state index in [1.807, 2.05) is 12.1 Å². The third-order valence-electron chi connectivity index (χ3n) is 4.75. The Labute approximate surface area is 159 Å². The molecule has 0 fully saturated rings. The second kappa shape index (κ2) is 6.47. The first kappa shape index (κ1) is 20.0. The fourth-order valence-corrected chi connectivity index (χ4v) is 3.31. The van der Waals surface area contributed by atoms with Crippen molar-refractivity contribution in [1.29, 1.82) is 0 Å². The summed E-state index contributed by atoms with van der Waals surface area (Å²) < 4.78 is 0. The summed E-state index contributed by atoms with van der Waals surface area (Å²) in [6.07, 6.45) is 0. The lowest BCUT2D eigenvalue weighted by Crippen LogP contribution is -2.22. The maximum absolute atomic E-state index is 6.14. The van der Waals surface area contributed by atoms with Gasteiger partial charge >= 0.3 is 0 Å².